The lowest BCUT2D eigenvalue weighted by Gasteiger charge is -2.30. The van der Waals surface area contributed by atoms with E-state index < -0.39 is 30.7 Å². The molecule has 0 saturated carbocycles. The Hall–Kier alpha value is -0.800. The molecule has 1 rings (SSSR count). The highest BCUT2D eigenvalue weighted by Gasteiger charge is 2.60. The van der Waals surface area contributed by atoms with Crippen LogP contribution in [0.25, 0.3) is 0 Å². The summed E-state index contributed by atoms with van der Waals surface area (Å²) in [5.41, 5.74) is 1.93. The van der Waals surface area contributed by atoms with Crippen LogP contribution in [0, 0.1) is 5.92 Å². The molecule has 0 radical (unpaired) electrons. The van der Waals surface area contributed by atoms with Crippen molar-refractivity contribution >= 4 is 15.9 Å². The van der Waals surface area contributed by atoms with E-state index in [9.17, 15) is 26.3 Å². The summed E-state index contributed by atoms with van der Waals surface area (Å²) in [6.45, 7) is 0. The summed E-state index contributed by atoms with van der Waals surface area (Å²) in [5, 5.41) is 0. The van der Waals surface area contributed by atoms with E-state index in [4.69, 9.17) is 5.84 Å². The number of halogens is 7. The molecule has 3 N–H and O–H groups in total. The third-order valence-corrected chi connectivity index (χ3v) is 3.49. The summed E-state index contributed by atoms with van der Waals surface area (Å²) in [6.07, 6.45) is -11.4. The van der Waals surface area contributed by atoms with Crippen LogP contribution < -0.4 is 11.3 Å². The fraction of sp³-hybridized carbons (Fsp3) is 0.455. The average molecular weight is 365 g/mol. The van der Waals surface area contributed by atoms with Gasteiger partial charge < -0.3 is 0 Å². The van der Waals surface area contributed by atoms with Crippen molar-refractivity contribution < 1.29 is 26.3 Å². The average Bonchev–Trinajstić information content (AvgIpc) is 2.27. The number of nitrogens with two attached hydrogens (primary N) is 1. The fourth-order valence-electron chi connectivity index (χ4n) is 1.82. The number of hydrogen-bond acceptors (Lipinski definition) is 2. The van der Waals surface area contributed by atoms with Gasteiger partial charge in [-0.2, -0.15) is 26.3 Å². The first-order valence-corrected chi connectivity index (χ1v) is 6.19. The zero-order valence-electron chi connectivity index (χ0n) is 9.89. The van der Waals surface area contributed by atoms with Gasteiger partial charge in [0.2, 0.25) is 0 Å². The maximum Gasteiger partial charge on any atom is 0.402 e. The van der Waals surface area contributed by atoms with Gasteiger partial charge in [-0.25, -0.2) is 0 Å². The highest BCUT2D eigenvalue weighted by atomic mass is 79.9. The molecule has 20 heavy (non-hydrogen) atoms. The van der Waals surface area contributed by atoms with Gasteiger partial charge in [0.15, 0.2) is 5.92 Å². The Morgan fingerprint density at radius 1 is 1.05 bits per heavy atom. The Bertz CT molecular complexity index is 431. The van der Waals surface area contributed by atoms with Gasteiger partial charge in [-0.3, -0.25) is 11.3 Å². The molecule has 1 unspecified atom stereocenters. The van der Waals surface area contributed by atoms with E-state index >= 15 is 0 Å². The van der Waals surface area contributed by atoms with Crippen LogP contribution in [0.1, 0.15) is 5.56 Å². The zero-order valence-corrected chi connectivity index (χ0v) is 11.5. The maximum atomic E-state index is 12.6. The lowest BCUT2D eigenvalue weighted by atomic mass is 9.93. The van der Waals surface area contributed by atoms with Crippen molar-refractivity contribution in [3.05, 3.63) is 34.3 Å². The van der Waals surface area contributed by atoms with Crippen LogP contribution in [0.5, 0.6) is 0 Å². The second kappa shape index (κ2) is 6.31. The molecule has 1 aromatic carbocycles. The quantitative estimate of drug-likeness (QED) is 0.487. The van der Waals surface area contributed by atoms with E-state index in [0.717, 1.165) is 0 Å². The highest BCUT2D eigenvalue weighted by Crippen LogP contribution is 2.42. The molecular weight excluding hydrogens is 354 g/mol. The first kappa shape index (κ1) is 17.3. The van der Waals surface area contributed by atoms with Crippen LogP contribution in [0.3, 0.4) is 0 Å². The summed E-state index contributed by atoms with van der Waals surface area (Å²) in [4.78, 5) is 0. The normalized spacial score (nSPS) is 14.7. The van der Waals surface area contributed by atoms with Crippen molar-refractivity contribution in [3.8, 4) is 0 Å². The first-order valence-electron chi connectivity index (χ1n) is 5.40. The van der Waals surface area contributed by atoms with Crippen molar-refractivity contribution in [1.29, 1.82) is 0 Å². The van der Waals surface area contributed by atoms with Gasteiger partial charge in [0, 0.05) is 10.5 Å². The molecule has 9 heteroatoms. The lowest BCUT2D eigenvalue weighted by molar-refractivity contribution is -0.291. The minimum absolute atomic E-state index is 0.300. The maximum absolute atomic E-state index is 12.6. The van der Waals surface area contributed by atoms with Crippen molar-refractivity contribution in [2.24, 2.45) is 11.8 Å². The molecule has 0 heterocycles. The van der Waals surface area contributed by atoms with Crippen molar-refractivity contribution in [2.45, 2.75) is 24.8 Å². The minimum atomic E-state index is -5.43. The van der Waals surface area contributed by atoms with Crippen LogP contribution in [-0.4, -0.2) is 18.4 Å². The van der Waals surface area contributed by atoms with E-state index in [1.165, 1.54) is 18.2 Å². The largest absolute Gasteiger partial charge is 0.402 e. The molecule has 0 fully saturated rings. The molecule has 0 aliphatic heterocycles. The van der Waals surface area contributed by atoms with Gasteiger partial charge in [-0.1, -0.05) is 34.1 Å². The van der Waals surface area contributed by atoms with Crippen LogP contribution in [-0.2, 0) is 6.42 Å². The second-order valence-electron chi connectivity index (χ2n) is 4.13. The number of benzene rings is 1. The van der Waals surface area contributed by atoms with Gasteiger partial charge in [0.05, 0.1) is 0 Å². The molecule has 0 aliphatic rings. The first-order chi connectivity index (χ1) is 9.07. The SMILES string of the molecule is NNC(Cc1ccccc1Br)C(C(F)(F)F)C(F)(F)F. The summed E-state index contributed by atoms with van der Waals surface area (Å²) in [7, 11) is 0. The smallest absolute Gasteiger partial charge is 0.271 e. The molecule has 0 aliphatic carbocycles. The molecule has 0 aromatic heterocycles. The van der Waals surface area contributed by atoms with E-state index in [-0.39, 0.29) is 0 Å². The van der Waals surface area contributed by atoms with Crippen LogP contribution in [0.15, 0.2) is 28.7 Å². The number of hydrazine groups is 1. The number of alkyl halides is 6. The topological polar surface area (TPSA) is 38.0 Å². The Morgan fingerprint density at radius 3 is 1.95 bits per heavy atom. The van der Waals surface area contributed by atoms with Crippen molar-refractivity contribution in [3.63, 3.8) is 0 Å². The molecule has 0 spiro atoms. The minimum Gasteiger partial charge on any atom is -0.271 e. The van der Waals surface area contributed by atoms with E-state index in [1.807, 2.05) is 0 Å². The monoisotopic (exact) mass is 364 g/mol. The Morgan fingerprint density at radius 2 is 1.55 bits per heavy atom. The summed E-state index contributed by atoms with van der Waals surface area (Å²) < 4.78 is 76.2. The predicted molar refractivity (Wildman–Crippen MR) is 64.6 cm³/mol. The summed E-state index contributed by atoms with van der Waals surface area (Å²) in [5.74, 6) is 1.36. The molecule has 114 valence electrons. The van der Waals surface area contributed by atoms with Gasteiger partial charge in [0.25, 0.3) is 0 Å². The van der Waals surface area contributed by atoms with Gasteiger partial charge in [-0.15, -0.1) is 0 Å². The summed E-state index contributed by atoms with van der Waals surface area (Å²) >= 11 is 3.07. The van der Waals surface area contributed by atoms with Crippen molar-refractivity contribution in [2.75, 3.05) is 0 Å². The molecule has 2 nitrogen and oxygen atoms in total. The summed E-state index contributed by atoms with van der Waals surface area (Å²) in [6, 6.07) is 4.07. The molecule has 0 bridgehead atoms. The standard InChI is InChI=1S/C11H11BrF6N2/c12-7-4-2-1-3-6(7)5-8(20-19)9(10(13,14)15)11(16,17)18/h1-4,8-9,20H,5,19H2. The number of rotatable bonds is 4. The van der Waals surface area contributed by atoms with E-state index in [2.05, 4.69) is 15.9 Å². The predicted octanol–water partition coefficient (Wildman–Crippen LogP) is 3.56. The van der Waals surface area contributed by atoms with Crippen LogP contribution in [0.2, 0.25) is 0 Å². The lowest BCUT2D eigenvalue weighted by Crippen LogP contribution is -2.54. The number of hydrogen-bond donors (Lipinski definition) is 2. The van der Waals surface area contributed by atoms with Gasteiger partial charge in [0.1, 0.15) is 0 Å². The van der Waals surface area contributed by atoms with Crippen LogP contribution in [0.4, 0.5) is 26.3 Å². The zero-order chi connectivity index (χ0) is 15.6. The van der Waals surface area contributed by atoms with Crippen LogP contribution >= 0.6 is 15.9 Å². The molecule has 1 aromatic rings. The molecular formula is C11H11BrF6N2. The Labute approximate surface area is 119 Å². The molecule has 0 saturated heterocycles. The second-order valence-corrected chi connectivity index (χ2v) is 4.98. The number of nitrogens with one attached hydrogen (secondary N) is 1. The molecule has 0 amide bonds. The van der Waals surface area contributed by atoms with Gasteiger partial charge >= 0.3 is 12.4 Å². The Balaban J connectivity index is 3.07. The van der Waals surface area contributed by atoms with Gasteiger partial charge in [-0.05, 0) is 18.1 Å². The molecule has 1 atom stereocenters. The van der Waals surface area contributed by atoms with Crippen molar-refractivity contribution in [1.82, 2.24) is 5.43 Å². The highest BCUT2D eigenvalue weighted by molar-refractivity contribution is 9.10. The fourth-order valence-corrected chi connectivity index (χ4v) is 2.26. The third-order valence-electron chi connectivity index (χ3n) is 2.72. The van der Waals surface area contributed by atoms with E-state index in [0.29, 0.717) is 10.0 Å². The van der Waals surface area contributed by atoms with E-state index in [1.54, 1.807) is 11.5 Å². The third kappa shape index (κ3) is 4.35. The Kier molecular flexibility index (Phi) is 5.45.